The highest BCUT2D eigenvalue weighted by atomic mass is 16.6. The van der Waals surface area contributed by atoms with Gasteiger partial charge in [-0.3, -0.25) is 10.1 Å². The van der Waals surface area contributed by atoms with E-state index in [4.69, 9.17) is 0 Å². The van der Waals surface area contributed by atoms with E-state index in [0.717, 1.165) is 11.3 Å². The summed E-state index contributed by atoms with van der Waals surface area (Å²) in [7, 11) is 0. The molecule has 0 saturated carbocycles. The van der Waals surface area contributed by atoms with Crippen molar-refractivity contribution in [3.05, 3.63) is 57.1 Å². The Morgan fingerprint density at radius 1 is 1.14 bits per heavy atom. The molecule has 110 valence electrons. The minimum atomic E-state index is -0.405. The van der Waals surface area contributed by atoms with Crippen LogP contribution in [-0.4, -0.2) is 15.1 Å². The predicted molar refractivity (Wildman–Crippen MR) is 79.7 cm³/mol. The van der Waals surface area contributed by atoms with Crippen molar-refractivity contribution in [2.45, 2.75) is 20.4 Å². The molecule has 0 fully saturated rings. The van der Waals surface area contributed by atoms with Gasteiger partial charge in [-0.25, -0.2) is 0 Å². The summed E-state index contributed by atoms with van der Waals surface area (Å²) in [5.41, 5.74) is 2.81. The van der Waals surface area contributed by atoms with Gasteiger partial charge in [0.05, 0.1) is 4.92 Å². The van der Waals surface area contributed by atoms with Crippen molar-refractivity contribution in [1.82, 2.24) is 0 Å². The molecule has 0 aliphatic carbocycles. The fourth-order valence-corrected chi connectivity index (χ4v) is 2.08. The standard InChI is InChI=1S/C15H16N2O4/c1-9-6-14(17(20)21)10(2)5-13(9)16-8-11-3-4-12(18)7-15(11)19/h3-7,16,18-19H,8H2,1-2H3. The number of phenolic OH excluding ortho intramolecular Hbond substituents is 2. The molecule has 6 nitrogen and oxygen atoms in total. The highest BCUT2D eigenvalue weighted by molar-refractivity contribution is 5.59. The Hall–Kier alpha value is -2.76. The van der Waals surface area contributed by atoms with Gasteiger partial charge >= 0.3 is 0 Å². The topological polar surface area (TPSA) is 95.6 Å². The third-order valence-corrected chi connectivity index (χ3v) is 3.28. The molecule has 0 spiro atoms. The first-order valence-electron chi connectivity index (χ1n) is 6.39. The first-order valence-corrected chi connectivity index (χ1v) is 6.39. The van der Waals surface area contributed by atoms with Gasteiger partial charge in [0.1, 0.15) is 11.5 Å². The summed E-state index contributed by atoms with van der Waals surface area (Å²) >= 11 is 0. The molecule has 0 aliphatic heterocycles. The minimum absolute atomic E-state index is 0.00112. The number of aryl methyl sites for hydroxylation is 2. The van der Waals surface area contributed by atoms with E-state index in [0.29, 0.717) is 17.7 Å². The van der Waals surface area contributed by atoms with Gasteiger partial charge in [0.25, 0.3) is 5.69 Å². The van der Waals surface area contributed by atoms with Gasteiger partial charge in [-0.15, -0.1) is 0 Å². The summed E-state index contributed by atoms with van der Waals surface area (Å²) in [6.07, 6.45) is 0. The maximum Gasteiger partial charge on any atom is 0.272 e. The molecular weight excluding hydrogens is 272 g/mol. The van der Waals surface area contributed by atoms with Crippen molar-refractivity contribution >= 4 is 11.4 Å². The van der Waals surface area contributed by atoms with Crippen molar-refractivity contribution in [2.75, 3.05) is 5.32 Å². The largest absolute Gasteiger partial charge is 0.508 e. The van der Waals surface area contributed by atoms with E-state index in [1.54, 1.807) is 26.0 Å². The van der Waals surface area contributed by atoms with Crippen LogP contribution in [0.1, 0.15) is 16.7 Å². The molecule has 0 aromatic heterocycles. The minimum Gasteiger partial charge on any atom is -0.508 e. The van der Waals surface area contributed by atoms with Gasteiger partial charge in [-0.1, -0.05) is 0 Å². The number of nitrogens with zero attached hydrogens (tertiary/aromatic N) is 1. The van der Waals surface area contributed by atoms with E-state index < -0.39 is 4.92 Å². The molecule has 0 aliphatic rings. The summed E-state index contributed by atoms with van der Waals surface area (Å²) < 4.78 is 0. The molecule has 0 radical (unpaired) electrons. The number of nitro benzene ring substituents is 1. The summed E-state index contributed by atoms with van der Waals surface area (Å²) in [5, 5.41) is 33.0. The van der Waals surface area contributed by atoms with Crippen LogP contribution in [0, 0.1) is 24.0 Å². The quantitative estimate of drug-likeness (QED) is 0.593. The molecule has 3 N–H and O–H groups in total. The van der Waals surface area contributed by atoms with E-state index in [-0.39, 0.29) is 17.2 Å². The molecule has 0 amide bonds. The maximum atomic E-state index is 10.9. The van der Waals surface area contributed by atoms with Crippen LogP contribution in [0.15, 0.2) is 30.3 Å². The fourth-order valence-electron chi connectivity index (χ4n) is 2.08. The van der Waals surface area contributed by atoms with E-state index in [2.05, 4.69) is 5.32 Å². The van der Waals surface area contributed by atoms with Crippen LogP contribution in [0.2, 0.25) is 0 Å². The van der Waals surface area contributed by atoms with E-state index in [9.17, 15) is 20.3 Å². The molecule has 2 rings (SSSR count). The molecule has 0 atom stereocenters. The lowest BCUT2D eigenvalue weighted by Crippen LogP contribution is -2.03. The second kappa shape index (κ2) is 5.70. The molecule has 0 bridgehead atoms. The Kier molecular flexibility index (Phi) is 3.98. The SMILES string of the molecule is Cc1cc([N+](=O)[O-])c(C)cc1NCc1ccc(O)cc1O. The van der Waals surface area contributed by atoms with Gasteiger partial charge in [-0.2, -0.15) is 0 Å². The Balaban J connectivity index is 2.20. The van der Waals surface area contributed by atoms with Gasteiger partial charge in [0.15, 0.2) is 0 Å². The Morgan fingerprint density at radius 2 is 1.86 bits per heavy atom. The van der Waals surface area contributed by atoms with E-state index >= 15 is 0 Å². The summed E-state index contributed by atoms with van der Waals surface area (Å²) in [5.74, 6) is -0.00241. The molecule has 21 heavy (non-hydrogen) atoms. The number of nitro groups is 1. The van der Waals surface area contributed by atoms with Gasteiger partial charge in [0.2, 0.25) is 0 Å². The second-order valence-corrected chi connectivity index (χ2v) is 4.88. The number of hydrogen-bond acceptors (Lipinski definition) is 5. The average molecular weight is 288 g/mol. The van der Waals surface area contributed by atoms with Crippen LogP contribution in [-0.2, 0) is 6.54 Å². The van der Waals surface area contributed by atoms with Gasteiger partial charge in [-0.05, 0) is 37.6 Å². The lowest BCUT2D eigenvalue weighted by atomic mass is 10.1. The Labute approximate surface area is 121 Å². The third-order valence-electron chi connectivity index (χ3n) is 3.28. The zero-order chi connectivity index (χ0) is 15.6. The van der Waals surface area contributed by atoms with Crippen molar-refractivity contribution in [2.24, 2.45) is 0 Å². The number of rotatable bonds is 4. The lowest BCUT2D eigenvalue weighted by Gasteiger charge is -2.12. The number of nitrogens with one attached hydrogen (secondary N) is 1. The van der Waals surface area contributed by atoms with Crippen LogP contribution in [0.5, 0.6) is 11.5 Å². The first-order chi connectivity index (χ1) is 9.88. The molecule has 6 heteroatoms. The van der Waals surface area contributed by atoms with Crippen LogP contribution in [0.3, 0.4) is 0 Å². The maximum absolute atomic E-state index is 10.9. The summed E-state index contributed by atoms with van der Waals surface area (Å²) in [6.45, 7) is 3.82. The highest BCUT2D eigenvalue weighted by Gasteiger charge is 2.13. The molecular formula is C15H16N2O4. The number of hydrogen-bond donors (Lipinski definition) is 3. The summed E-state index contributed by atoms with van der Waals surface area (Å²) in [6, 6.07) is 7.61. The molecule has 0 saturated heterocycles. The Bertz CT molecular complexity index is 698. The average Bonchev–Trinajstić information content (AvgIpc) is 2.40. The molecule has 2 aromatic carbocycles. The first kappa shape index (κ1) is 14.6. The summed E-state index contributed by atoms with van der Waals surface area (Å²) in [4.78, 5) is 10.5. The normalized spacial score (nSPS) is 10.4. The highest BCUT2D eigenvalue weighted by Crippen LogP contribution is 2.28. The van der Waals surface area contributed by atoms with E-state index in [1.165, 1.54) is 18.2 Å². The van der Waals surface area contributed by atoms with Crippen molar-refractivity contribution in [3.63, 3.8) is 0 Å². The van der Waals surface area contributed by atoms with Gasteiger partial charge < -0.3 is 15.5 Å². The van der Waals surface area contributed by atoms with Crippen LogP contribution in [0.25, 0.3) is 0 Å². The fraction of sp³-hybridized carbons (Fsp3) is 0.200. The number of benzene rings is 2. The van der Waals surface area contributed by atoms with Crippen molar-refractivity contribution in [1.29, 1.82) is 0 Å². The third kappa shape index (κ3) is 3.22. The van der Waals surface area contributed by atoms with Gasteiger partial charge in [0, 0.05) is 35.5 Å². The lowest BCUT2D eigenvalue weighted by molar-refractivity contribution is -0.385. The molecule has 2 aromatic rings. The number of aromatic hydroxyl groups is 2. The van der Waals surface area contributed by atoms with Crippen molar-refractivity contribution < 1.29 is 15.1 Å². The number of anilines is 1. The monoisotopic (exact) mass is 288 g/mol. The Morgan fingerprint density at radius 3 is 2.48 bits per heavy atom. The smallest absolute Gasteiger partial charge is 0.272 e. The van der Waals surface area contributed by atoms with Crippen LogP contribution in [0.4, 0.5) is 11.4 Å². The zero-order valence-electron chi connectivity index (χ0n) is 11.8. The van der Waals surface area contributed by atoms with Crippen molar-refractivity contribution in [3.8, 4) is 11.5 Å². The molecule has 0 unspecified atom stereocenters. The van der Waals surface area contributed by atoms with E-state index in [1.807, 2.05) is 0 Å². The zero-order valence-corrected chi connectivity index (χ0v) is 11.8. The van der Waals surface area contributed by atoms with Crippen LogP contribution < -0.4 is 5.32 Å². The second-order valence-electron chi connectivity index (χ2n) is 4.88. The van der Waals surface area contributed by atoms with Crippen LogP contribution >= 0.6 is 0 Å². The number of phenols is 2. The predicted octanol–water partition coefficient (Wildman–Crippen LogP) is 3.23. The molecule has 0 heterocycles.